The average Bonchev–Trinajstić information content (AvgIpc) is 3.20. The third-order valence-corrected chi connectivity index (χ3v) is 6.99. The van der Waals surface area contributed by atoms with Gasteiger partial charge in [-0.05, 0) is 36.0 Å². The largest absolute Gasteiger partial charge is 0.336 e. The normalized spacial score (nSPS) is 15.4. The summed E-state index contributed by atoms with van der Waals surface area (Å²) in [5.74, 6) is -0.187. The van der Waals surface area contributed by atoms with Crippen molar-refractivity contribution in [3.05, 3.63) is 88.3 Å². The number of H-pyrrole nitrogens is 1. The molecule has 0 radical (unpaired) electrons. The van der Waals surface area contributed by atoms with Crippen LogP contribution in [-0.4, -0.2) is 59.3 Å². The number of carbonyl (C=O) groups excluding carboxylic acids is 1. The number of nitrogens with zero attached hydrogens (tertiary/aromatic N) is 3. The molecule has 7 nitrogen and oxygen atoms in total. The highest BCUT2D eigenvalue weighted by Crippen LogP contribution is 2.17. The first kappa shape index (κ1) is 21.2. The van der Waals surface area contributed by atoms with Crippen molar-refractivity contribution in [3.63, 3.8) is 0 Å². The van der Waals surface area contributed by atoms with E-state index in [4.69, 9.17) is 12.2 Å². The SMILES string of the molecule is O=C(c1c[nH]c(=S)n1-c1ccccc1)N1CCN(S(=O)(=O)/C=C/c2ccccc2)CC1. The molecule has 2 heterocycles. The first-order valence-electron chi connectivity index (χ1n) is 9.84. The number of amides is 1. The summed E-state index contributed by atoms with van der Waals surface area (Å²) < 4.78 is 28.9. The molecule has 1 N–H and O–H groups in total. The Morgan fingerprint density at radius 3 is 2.19 bits per heavy atom. The van der Waals surface area contributed by atoms with E-state index in [-0.39, 0.29) is 19.0 Å². The topological polar surface area (TPSA) is 78.4 Å². The zero-order chi connectivity index (χ0) is 21.8. The van der Waals surface area contributed by atoms with Crippen molar-refractivity contribution < 1.29 is 13.2 Å². The second kappa shape index (κ2) is 9.01. The van der Waals surface area contributed by atoms with Crippen LogP contribution in [0.4, 0.5) is 0 Å². The summed E-state index contributed by atoms with van der Waals surface area (Å²) in [5.41, 5.74) is 2.04. The fraction of sp³-hybridized carbons (Fsp3) is 0.182. The Hall–Kier alpha value is -3.01. The van der Waals surface area contributed by atoms with Gasteiger partial charge in [-0.3, -0.25) is 9.36 Å². The first-order chi connectivity index (χ1) is 15.0. The van der Waals surface area contributed by atoms with Gasteiger partial charge in [0.15, 0.2) is 4.77 Å². The summed E-state index contributed by atoms with van der Waals surface area (Å²) >= 11 is 5.35. The van der Waals surface area contributed by atoms with Crippen molar-refractivity contribution in [2.45, 2.75) is 0 Å². The lowest BCUT2D eigenvalue weighted by atomic mass is 10.2. The van der Waals surface area contributed by atoms with Crippen molar-refractivity contribution in [2.24, 2.45) is 0 Å². The Morgan fingerprint density at radius 1 is 0.935 bits per heavy atom. The van der Waals surface area contributed by atoms with Crippen LogP contribution in [0, 0.1) is 4.77 Å². The monoisotopic (exact) mass is 454 g/mol. The molecule has 0 atom stereocenters. The van der Waals surface area contributed by atoms with Crippen molar-refractivity contribution in [3.8, 4) is 5.69 Å². The summed E-state index contributed by atoms with van der Waals surface area (Å²) in [4.78, 5) is 17.7. The Morgan fingerprint density at radius 2 is 1.55 bits per heavy atom. The van der Waals surface area contributed by atoms with E-state index in [0.717, 1.165) is 11.3 Å². The molecule has 31 heavy (non-hydrogen) atoms. The fourth-order valence-corrected chi connectivity index (χ4v) is 4.92. The van der Waals surface area contributed by atoms with Gasteiger partial charge in [0, 0.05) is 43.5 Å². The minimum absolute atomic E-state index is 0.187. The van der Waals surface area contributed by atoms with Crippen LogP contribution in [0.5, 0.6) is 0 Å². The summed E-state index contributed by atoms with van der Waals surface area (Å²) in [6.45, 7) is 1.10. The second-order valence-corrected chi connectivity index (χ2v) is 9.30. The number of piperazine rings is 1. The molecule has 1 aliphatic rings. The van der Waals surface area contributed by atoms with Crippen molar-refractivity contribution in [2.75, 3.05) is 26.2 Å². The van der Waals surface area contributed by atoms with Crippen LogP contribution in [0.15, 0.2) is 72.3 Å². The Labute approximate surface area is 186 Å². The van der Waals surface area contributed by atoms with E-state index >= 15 is 0 Å². The van der Waals surface area contributed by atoms with E-state index in [9.17, 15) is 13.2 Å². The highest BCUT2D eigenvalue weighted by Gasteiger charge is 2.29. The van der Waals surface area contributed by atoms with Gasteiger partial charge in [-0.2, -0.15) is 4.31 Å². The summed E-state index contributed by atoms with van der Waals surface area (Å²) in [7, 11) is -3.56. The van der Waals surface area contributed by atoms with Crippen molar-refractivity contribution >= 4 is 34.2 Å². The lowest BCUT2D eigenvalue weighted by Crippen LogP contribution is -2.50. The molecule has 4 rings (SSSR count). The zero-order valence-corrected chi connectivity index (χ0v) is 18.3. The molecule has 1 saturated heterocycles. The van der Waals surface area contributed by atoms with Gasteiger partial charge in [0.1, 0.15) is 5.69 Å². The van der Waals surface area contributed by atoms with Gasteiger partial charge in [0.2, 0.25) is 10.0 Å². The second-order valence-electron chi connectivity index (χ2n) is 7.10. The molecule has 0 unspecified atom stereocenters. The van der Waals surface area contributed by atoms with Crippen LogP contribution in [-0.2, 0) is 10.0 Å². The van der Waals surface area contributed by atoms with Crippen LogP contribution in [0.3, 0.4) is 0 Å². The van der Waals surface area contributed by atoms with Crippen LogP contribution >= 0.6 is 12.2 Å². The molecule has 1 fully saturated rings. The Kier molecular flexibility index (Phi) is 6.17. The maximum atomic E-state index is 13.1. The van der Waals surface area contributed by atoms with E-state index in [1.54, 1.807) is 21.7 Å². The van der Waals surface area contributed by atoms with E-state index in [1.807, 2.05) is 60.7 Å². The highest BCUT2D eigenvalue weighted by atomic mass is 32.2. The van der Waals surface area contributed by atoms with E-state index in [2.05, 4.69) is 4.98 Å². The van der Waals surface area contributed by atoms with Crippen molar-refractivity contribution in [1.82, 2.24) is 18.8 Å². The standard InChI is InChI=1S/C22H22N4O3S2/c27-21(20-17-23-22(30)26(20)19-9-5-2-6-10-19)24-12-14-25(15-13-24)31(28,29)16-11-18-7-3-1-4-8-18/h1-11,16-17H,12-15H2,(H,23,30)/b16-11+. The number of carbonyl (C=O) groups is 1. The molecular weight excluding hydrogens is 432 g/mol. The highest BCUT2D eigenvalue weighted by molar-refractivity contribution is 7.92. The molecule has 0 saturated carbocycles. The number of imidazole rings is 1. The molecule has 1 aliphatic heterocycles. The molecule has 1 amide bonds. The van der Waals surface area contributed by atoms with E-state index < -0.39 is 10.0 Å². The number of sulfonamides is 1. The number of hydrogen-bond acceptors (Lipinski definition) is 4. The number of rotatable bonds is 5. The molecule has 2 aromatic carbocycles. The molecule has 1 aromatic heterocycles. The summed E-state index contributed by atoms with van der Waals surface area (Å²) in [6.07, 6.45) is 3.18. The number of aromatic nitrogens is 2. The third kappa shape index (κ3) is 4.68. The van der Waals surface area contributed by atoms with Gasteiger partial charge >= 0.3 is 0 Å². The first-order valence-corrected chi connectivity index (χ1v) is 11.8. The van der Waals surface area contributed by atoms with E-state index in [1.165, 1.54) is 9.71 Å². The minimum atomic E-state index is -3.56. The molecule has 0 spiro atoms. The molecule has 9 heteroatoms. The Balaban J connectivity index is 1.46. The van der Waals surface area contributed by atoms with Crippen LogP contribution in [0.2, 0.25) is 0 Å². The van der Waals surface area contributed by atoms with Crippen molar-refractivity contribution in [1.29, 1.82) is 0 Å². The Bertz CT molecular complexity index is 1240. The number of nitrogens with one attached hydrogen (secondary N) is 1. The smallest absolute Gasteiger partial charge is 0.272 e. The maximum Gasteiger partial charge on any atom is 0.272 e. The van der Waals surface area contributed by atoms with E-state index in [0.29, 0.717) is 23.6 Å². The molecule has 3 aromatic rings. The number of hydrogen-bond donors (Lipinski definition) is 1. The molecule has 0 aliphatic carbocycles. The predicted octanol–water partition coefficient (Wildman–Crippen LogP) is 3.29. The van der Waals surface area contributed by atoms with Gasteiger partial charge in [-0.25, -0.2) is 8.42 Å². The predicted molar refractivity (Wildman–Crippen MR) is 123 cm³/mol. The van der Waals surface area contributed by atoms with Gasteiger partial charge < -0.3 is 9.88 Å². The summed E-state index contributed by atoms with van der Waals surface area (Å²) in [6, 6.07) is 18.7. The zero-order valence-electron chi connectivity index (χ0n) is 16.7. The average molecular weight is 455 g/mol. The van der Waals surface area contributed by atoms with Gasteiger partial charge in [-0.15, -0.1) is 0 Å². The number of para-hydroxylation sites is 1. The number of benzene rings is 2. The van der Waals surface area contributed by atoms with Gasteiger partial charge in [0.25, 0.3) is 5.91 Å². The fourth-order valence-electron chi connectivity index (χ4n) is 3.48. The lowest BCUT2D eigenvalue weighted by molar-refractivity contribution is 0.0690. The van der Waals surface area contributed by atoms with Crippen LogP contribution < -0.4 is 0 Å². The number of aromatic amines is 1. The van der Waals surface area contributed by atoms with Crippen LogP contribution in [0.25, 0.3) is 11.8 Å². The quantitative estimate of drug-likeness (QED) is 0.600. The van der Waals surface area contributed by atoms with Crippen LogP contribution in [0.1, 0.15) is 16.1 Å². The summed E-state index contributed by atoms with van der Waals surface area (Å²) in [5, 5.41) is 1.22. The third-order valence-electron chi connectivity index (χ3n) is 5.13. The van der Waals surface area contributed by atoms with Gasteiger partial charge in [-0.1, -0.05) is 48.5 Å². The molecule has 0 bridgehead atoms. The van der Waals surface area contributed by atoms with Gasteiger partial charge in [0.05, 0.1) is 0 Å². The molecular formula is C22H22N4O3S2. The lowest BCUT2D eigenvalue weighted by Gasteiger charge is -2.33. The maximum absolute atomic E-state index is 13.1. The minimum Gasteiger partial charge on any atom is -0.336 e. The molecule has 160 valence electrons.